The maximum Gasteiger partial charge on any atom is 0.160 e. The van der Waals surface area contributed by atoms with Gasteiger partial charge in [0.15, 0.2) is 5.82 Å². The molecular weight excluding hydrogens is 901 g/mol. The molecule has 74 heavy (non-hydrogen) atoms. The minimum Gasteiger partial charge on any atom is -0.292 e. The zero-order valence-corrected chi connectivity index (χ0v) is 40.1. The Morgan fingerprint density at radius 1 is 0.230 bits per heavy atom. The largest absolute Gasteiger partial charge is 0.292 e. The molecule has 0 unspecified atom stereocenters. The molecular formula is C68H44N6. The molecule has 346 valence electrons. The lowest BCUT2D eigenvalue weighted by Gasteiger charge is -2.14. The van der Waals surface area contributed by atoms with E-state index in [-0.39, 0.29) is 0 Å². The van der Waals surface area contributed by atoms with Crippen LogP contribution in [-0.4, -0.2) is 29.1 Å². The van der Waals surface area contributed by atoms with Crippen molar-refractivity contribution in [2.45, 2.75) is 0 Å². The monoisotopic (exact) mass is 944 g/mol. The van der Waals surface area contributed by atoms with Crippen molar-refractivity contribution >= 4 is 43.6 Å². The van der Waals surface area contributed by atoms with Crippen molar-refractivity contribution in [2.24, 2.45) is 0 Å². The summed E-state index contributed by atoms with van der Waals surface area (Å²) in [5.41, 5.74) is 17.1. The molecule has 0 spiro atoms. The quantitative estimate of drug-likeness (QED) is 0.145. The fourth-order valence-electron chi connectivity index (χ4n) is 10.4. The molecule has 6 nitrogen and oxygen atoms in total. The molecule has 0 atom stereocenters. The molecule has 14 rings (SSSR count). The van der Waals surface area contributed by atoms with E-state index in [1.54, 1.807) is 0 Å². The summed E-state index contributed by atoms with van der Waals surface area (Å²) < 4.78 is 4.49. The zero-order valence-electron chi connectivity index (χ0n) is 40.1. The minimum atomic E-state index is 0.642. The Morgan fingerprint density at radius 3 is 1.05 bits per heavy atom. The van der Waals surface area contributed by atoms with E-state index >= 15 is 0 Å². The Kier molecular flexibility index (Phi) is 10.4. The van der Waals surface area contributed by atoms with Crippen LogP contribution < -0.4 is 0 Å². The molecule has 11 aromatic carbocycles. The topological polar surface area (TPSA) is 61.4 Å². The Balaban J connectivity index is 0.932. The number of hydrogen-bond acceptors (Lipinski definition) is 4. The van der Waals surface area contributed by atoms with E-state index < -0.39 is 0 Å². The van der Waals surface area contributed by atoms with Crippen molar-refractivity contribution < 1.29 is 0 Å². The van der Waals surface area contributed by atoms with Gasteiger partial charge in [-0.1, -0.05) is 182 Å². The SMILES string of the molecule is c1ccc(-n2c(-c3ccc(-c4cc(-c5ccc(-c6nc7ccccc7n6-c6ccccc6)cc5)cc(-c5nc(-c6ccc7ccccc7c6)cc(-c6ccc7ccccc7c6)n5)c4)cc3)nc3ccccc32)cc1. The Labute approximate surface area is 427 Å². The van der Waals surface area contributed by atoms with Crippen LogP contribution in [-0.2, 0) is 0 Å². The predicted octanol–water partition coefficient (Wildman–Crippen LogP) is 17.1. The third-order valence-electron chi connectivity index (χ3n) is 14.1. The van der Waals surface area contributed by atoms with Gasteiger partial charge in [-0.05, 0) is 129 Å². The number of benzene rings is 11. The summed E-state index contributed by atoms with van der Waals surface area (Å²) in [6, 6.07) is 94.1. The van der Waals surface area contributed by atoms with Gasteiger partial charge in [0.05, 0.1) is 33.5 Å². The van der Waals surface area contributed by atoms with Gasteiger partial charge >= 0.3 is 0 Å². The molecule has 0 saturated heterocycles. The number of rotatable bonds is 9. The van der Waals surface area contributed by atoms with E-state index in [0.29, 0.717) is 5.82 Å². The molecule has 0 saturated carbocycles. The van der Waals surface area contributed by atoms with Crippen LogP contribution in [0.5, 0.6) is 0 Å². The van der Waals surface area contributed by atoms with Crippen LogP contribution in [0.4, 0.5) is 0 Å². The van der Waals surface area contributed by atoms with Crippen molar-refractivity contribution in [3.63, 3.8) is 0 Å². The van der Waals surface area contributed by atoms with Gasteiger partial charge in [-0.15, -0.1) is 0 Å². The molecule has 3 heterocycles. The number of imidazole rings is 2. The summed E-state index contributed by atoms with van der Waals surface area (Å²) >= 11 is 0. The highest BCUT2D eigenvalue weighted by molar-refractivity contribution is 5.91. The van der Waals surface area contributed by atoms with E-state index in [0.717, 1.165) is 117 Å². The van der Waals surface area contributed by atoms with Crippen LogP contribution in [0.3, 0.4) is 0 Å². The van der Waals surface area contributed by atoms with E-state index in [1.807, 2.05) is 24.3 Å². The predicted molar refractivity (Wildman–Crippen MR) is 304 cm³/mol. The van der Waals surface area contributed by atoms with Crippen LogP contribution in [0.1, 0.15) is 0 Å². The minimum absolute atomic E-state index is 0.642. The van der Waals surface area contributed by atoms with Gasteiger partial charge in [0.2, 0.25) is 0 Å². The van der Waals surface area contributed by atoms with Crippen molar-refractivity contribution in [3.05, 3.63) is 267 Å². The molecule has 0 amide bonds. The van der Waals surface area contributed by atoms with Gasteiger partial charge in [-0.2, -0.15) is 0 Å². The molecule has 0 aliphatic carbocycles. The van der Waals surface area contributed by atoms with Crippen molar-refractivity contribution in [3.8, 4) is 90.3 Å². The van der Waals surface area contributed by atoms with Gasteiger partial charge in [0, 0.05) is 39.2 Å². The summed E-state index contributed by atoms with van der Waals surface area (Å²) in [5, 5.41) is 4.69. The maximum atomic E-state index is 5.43. The van der Waals surface area contributed by atoms with Crippen LogP contribution in [0.15, 0.2) is 267 Å². The average molecular weight is 945 g/mol. The van der Waals surface area contributed by atoms with Gasteiger partial charge in [0.25, 0.3) is 0 Å². The van der Waals surface area contributed by atoms with Gasteiger partial charge in [0.1, 0.15) is 11.6 Å². The lowest BCUT2D eigenvalue weighted by molar-refractivity contribution is 1.10. The molecule has 0 radical (unpaired) electrons. The van der Waals surface area contributed by atoms with Crippen LogP contribution in [0.25, 0.3) is 134 Å². The van der Waals surface area contributed by atoms with Gasteiger partial charge in [-0.25, -0.2) is 19.9 Å². The molecule has 3 aromatic heterocycles. The van der Waals surface area contributed by atoms with E-state index in [4.69, 9.17) is 19.9 Å². The molecule has 0 bridgehead atoms. The average Bonchev–Trinajstić information content (AvgIpc) is 4.07. The van der Waals surface area contributed by atoms with Crippen molar-refractivity contribution in [1.82, 2.24) is 29.1 Å². The second-order valence-electron chi connectivity index (χ2n) is 18.7. The highest BCUT2D eigenvalue weighted by atomic mass is 15.1. The lowest BCUT2D eigenvalue weighted by Crippen LogP contribution is -1.98. The zero-order chi connectivity index (χ0) is 49.0. The Hall–Kier alpha value is -10.0. The first-order chi connectivity index (χ1) is 36.6. The first-order valence-corrected chi connectivity index (χ1v) is 24.9. The molecule has 0 N–H and O–H groups in total. The summed E-state index contributed by atoms with van der Waals surface area (Å²) in [7, 11) is 0. The number of nitrogens with zero attached hydrogens (tertiary/aromatic N) is 6. The lowest BCUT2D eigenvalue weighted by atomic mass is 9.94. The van der Waals surface area contributed by atoms with Crippen LogP contribution in [0, 0.1) is 0 Å². The smallest absolute Gasteiger partial charge is 0.160 e. The van der Waals surface area contributed by atoms with Gasteiger partial charge in [-0.3, -0.25) is 9.13 Å². The fourth-order valence-corrected chi connectivity index (χ4v) is 10.4. The molecule has 0 aliphatic heterocycles. The Morgan fingerprint density at radius 2 is 0.595 bits per heavy atom. The maximum absolute atomic E-state index is 5.43. The molecule has 0 aliphatic rings. The first kappa shape index (κ1) is 42.8. The summed E-state index contributed by atoms with van der Waals surface area (Å²) in [6.45, 7) is 0. The number of aromatic nitrogens is 6. The first-order valence-electron chi connectivity index (χ1n) is 24.9. The summed E-state index contributed by atoms with van der Waals surface area (Å²) in [6.07, 6.45) is 0. The third kappa shape index (κ3) is 7.79. The second kappa shape index (κ2) is 18.0. The Bertz CT molecular complexity index is 4130. The van der Waals surface area contributed by atoms with Crippen LogP contribution >= 0.6 is 0 Å². The van der Waals surface area contributed by atoms with Crippen LogP contribution in [0.2, 0.25) is 0 Å². The molecule has 0 fully saturated rings. The fraction of sp³-hybridized carbons (Fsp3) is 0. The molecule has 14 aromatic rings. The highest BCUT2D eigenvalue weighted by Gasteiger charge is 2.19. The highest BCUT2D eigenvalue weighted by Crippen LogP contribution is 2.38. The van der Waals surface area contributed by atoms with Gasteiger partial charge < -0.3 is 0 Å². The third-order valence-corrected chi connectivity index (χ3v) is 14.1. The normalized spacial score (nSPS) is 11.5. The number of para-hydroxylation sites is 6. The van der Waals surface area contributed by atoms with E-state index in [9.17, 15) is 0 Å². The van der Waals surface area contributed by atoms with E-state index in [1.165, 1.54) is 10.8 Å². The summed E-state index contributed by atoms with van der Waals surface area (Å²) in [5.74, 6) is 2.42. The van der Waals surface area contributed by atoms with Crippen molar-refractivity contribution in [1.29, 1.82) is 0 Å². The molecule has 6 heteroatoms. The summed E-state index contributed by atoms with van der Waals surface area (Å²) in [4.78, 5) is 21.2. The van der Waals surface area contributed by atoms with Crippen molar-refractivity contribution in [2.75, 3.05) is 0 Å². The number of hydrogen-bond donors (Lipinski definition) is 0. The standard InChI is InChI=1S/C68H44N6/c1-3-19-58(20-4-1)73-64-25-13-11-23-60(64)71-67(73)49-33-27-47(28-34-49)55-41-56(48-29-35-50(36-30-48)68-72-61-24-12-14-26-65(61)74(68)59-21-5-2-6-22-59)43-57(42-55)66-69-62(53-37-31-45-15-7-9-17-51(45)39-53)44-63(70-66)54-38-32-46-16-8-10-18-52(46)40-54/h1-44H. The second-order valence-corrected chi connectivity index (χ2v) is 18.7. The van der Waals surface area contributed by atoms with E-state index in [2.05, 4.69) is 252 Å². The number of fused-ring (bicyclic) bond motifs is 4.